The Hall–Kier alpha value is -0.970. The van der Waals surface area contributed by atoms with Crippen molar-refractivity contribution < 1.29 is 4.39 Å². The van der Waals surface area contributed by atoms with Crippen LogP contribution in [0.5, 0.6) is 0 Å². The van der Waals surface area contributed by atoms with E-state index in [1.165, 1.54) is 38.2 Å². The Morgan fingerprint density at radius 3 is 2.67 bits per heavy atom. The first-order valence-electron chi connectivity index (χ1n) is 8.05. The highest BCUT2D eigenvalue weighted by Gasteiger charge is 2.29. The molecule has 4 heteroatoms. The van der Waals surface area contributed by atoms with Crippen LogP contribution in [0.2, 0.25) is 0 Å². The third-order valence-electron chi connectivity index (χ3n) is 5.04. The number of benzene rings is 1. The van der Waals surface area contributed by atoms with Crippen molar-refractivity contribution in [2.24, 2.45) is 0 Å². The van der Waals surface area contributed by atoms with Crippen LogP contribution in [0.1, 0.15) is 30.0 Å². The molecule has 2 atom stereocenters. The lowest BCUT2D eigenvalue weighted by atomic mass is 9.90. The molecule has 116 valence electrons. The van der Waals surface area contributed by atoms with Crippen molar-refractivity contribution in [2.45, 2.75) is 31.8 Å². The van der Waals surface area contributed by atoms with Gasteiger partial charge in [0, 0.05) is 38.3 Å². The number of nitrogens with zero attached hydrogens (tertiary/aromatic N) is 2. The van der Waals surface area contributed by atoms with Crippen molar-refractivity contribution in [2.75, 3.05) is 39.8 Å². The van der Waals surface area contributed by atoms with Crippen LogP contribution in [0.3, 0.4) is 0 Å². The van der Waals surface area contributed by atoms with Crippen LogP contribution in [-0.4, -0.2) is 55.6 Å². The fourth-order valence-electron chi connectivity index (χ4n) is 3.68. The molecule has 3 nitrogen and oxygen atoms in total. The number of piperazine rings is 1. The molecule has 0 spiro atoms. The molecule has 1 aromatic rings. The van der Waals surface area contributed by atoms with Gasteiger partial charge >= 0.3 is 0 Å². The van der Waals surface area contributed by atoms with Crippen molar-refractivity contribution in [3.63, 3.8) is 0 Å². The summed E-state index contributed by atoms with van der Waals surface area (Å²) in [6.45, 7) is 7.76. The van der Waals surface area contributed by atoms with E-state index in [-0.39, 0.29) is 5.82 Å². The Morgan fingerprint density at radius 2 is 1.95 bits per heavy atom. The van der Waals surface area contributed by atoms with E-state index in [9.17, 15) is 4.39 Å². The van der Waals surface area contributed by atoms with Gasteiger partial charge in [0.1, 0.15) is 5.82 Å². The van der Waals surface area contributed by atoms with E-state index in [2.05, 4.69) is 22.2 Å². The summed E-state index contributed by atoms with van der Waals surface area (Å²) in [5, 5.41) is 3.61. The van der Waals surface area contributed by atoms with E-state index in [4.69, 9.17) is 0 Å². The summed E-state index contributed by atoms with van der Waals surface area (Å²) < 4.78 is 13.3. The molecule has 0 radical (unpaired) electrons. The molecular weight excluding hydrogens is 265 g/mol. The molecule has 0 amide bonds. The standard InChI is InChI=1S/C17H26FN3/c1-13-11-14(18)3-4-16(13)17-12-15(5-6-19-17)21-9-7-20(2)8-10-21/h3-4,11,15,17,19H,5-10,12H2,1-2H3/t15?,17-/m1/s1. The minimum Gasteiger partial charge on any atom is -0.310 e. The van der Waals surface area contributed by atoms with Gasteiger partial charge in [-0.15, -0.1) is 0 Å². The van der Waals surface area contributed by atoms with Crippen LogP contribution in [-0.2, 0) is 0 Å². The number of hydrogen-bond acceptors (Lipinski definition) is 3. The summed E-state index contributed by atoms with van der Waals surface area (Å²) in [7, 11) is 2.20. The number of aryl methyl sites for hydroxylation is 1. The number of likely N-dealkylation sites (N-methyl/N-ethyl adjacent to an activating group) is 1. The highest BCUT2D eigenvalue weighted by molar-refractivity contribution is 5.30. The lowest BCUT2D eigenvalue weighted by molar-refractivity contribution is 0.0850. The van der Waals surface area contributed by atoms with E-state index >= 15 is 0 Å². The van der Waals surface area contributed by atoms with Crippen LogP contribution in [0, 0.1) is 12.7 Å². The number of piperidine rings is 1. The normalized spacial score (nSPS) is 28.7. The van der Waals surface area contributed by atoms with Gasteiger partial charge in [-0.25, -0.2) is 4.39 Å². The van der Waals surface area contributed by atoms with Gasteiger partial charge in [0.15, 0.2) is 0 Å². The maximum Gasteiger partial charge on any atom is 0.123 e. The van der Waals surface area contributed by atoms with Gasteiger partial charge in [0.2, 0.25) is 0 Å². The summed E-state index contributed by atoms with van der Waals surface area (Å²) in [6, 6.07) is 6.22. The molecule has 1 unspecified atom stereocenters. The number of hydrogen-bond donors (Lipinski definition) is 1. The molecule has 0 bridgehead atoms. The van der Waals surface area contributed by atoms with Crippen LogP contribution in [0.4, 0.5) is 4.39 Å². The third-order valence-corrected chi connectivity index (χ3v) is 5.04. The van der Waals surface area contributed by atoms with Crippen LogP contribution in [0.15, 0.2) is 18.2 Å². The molecular formula is C17H26FN3. The summed E-state index contributed by atoms with van der Waals surface area (Å²) >= 11 is 0. The highest BCUT2D eigenvalue weighted by atomic mass is 19.1. The fourth-order valence-corrected chi connectivity index (χ4v) is 3.68. The van der Waals surface area contributed by atoms with Crippen LogP contribution in [0.25, 0.3) is 0 Å². The van der Waals surface area contributed by atoms with Crippen molar-refractivity contribution in [1.82, 2.24) is 15.1 Å². The average molecular weight is 291 g/mol. The first kappa shape index (κ1) is 14.9. The number of halogens is 1. The van der Waals surface area contributed by atoms with Crippen molar-refractivity contribution in [1.29, 1.82) is 0 Å². The van der Waals surface area contributed by atoms with E-state index in [0.717, 1.165) is 18.5 Å². The highest BCUT2D eigenvalue weighted by Crippen LogP contribution is 2.29. The Balaban J connectivity index is 1.68. The zero-order valence-electron chi connectivity index (χ0n) is 13.1. The summed E-state index contributed by atoms with van der Waals surface area (Å²) in [5.74, 6) is -0.136. The first-order chi connectivity index (χ1) is 10.1. The molecule has 21 heavy (non-hydrogen) atoms. The van der Waals surface area contributed by atoms with Gasteiger partial charge < -0.3 is 10.2 Å². The first-order valence-corrected chi connectivity index (χ1v) is 8.05. The minimum absolute atomic E-state index is 0.136. The van der Waals surface area contributed by atoms with Crippen molar-refractivity contribution in [3.05, 3.63) is 35.1 Å². The Labute approximate surface area is 127 Å². The second-order valence-electron chi connectivity index (χ2n) is 6.53. The van der Waals surface area contributed by atoms with E-state index in [1.807, 2.05) is 13.0 Å². The summed E-state index contributed by atoms with van der Waals surface area (Å²) in [4.78, 5) is 5.05. The summed E-state index contributed by atoms with van der Waals surface area (Å²) in [6.07, 6.45) is 2.36. The predicted octanol–water partition coefficient (Wildman–Crippen LogP) is 2.17. The molecule has 0 aromatic heterocycles. The Kier molecular flexibility index (Phi) is 4.57. The maximum absolute atomic E-state index is 13.3. The monoisotopic (exact) mass is 291 g/mol. The average Bonchev–Trinajstić information content (AvgIpc) is 2.48. The van der Waals surface area contributed by atoms with E-state index in [0.29, 0.717) is 12.1 Å². The predicted molar refractivity (Wildman–Crippen MR) is 84.0 cm³/mol. The maximum atomic E-state index is 13.3. The molecule has 2 aliphatic heterocycles. The van der Waals surface area contributed by atoms with Gasteiger partial charge in [-0.1, -0.05) is 6.07 Å². The summed E-state index contributed by atoms with van der Waals surface area (Å²) in [5.41, 5.74) is 2.32. The molecule has 2 aliphatic rings. The second kappa shape index (κ2) is 6.42. The minimum atomic E-state index is -0.136. The van der Waals surface area contributed by atoms with Crippen LogP contribution >= 0.6 is 0 Å². The van der Waals surface area contributed by atoms with Crippen LogP contribution < -0.4 is 5.32 Å². The third kappa shape index (κ3) is 3.44. The number of rotatable bonds is 2. The SMILES string of the molecule is Cc1cc(F)ccc1[C@H]1CC(N2CCN(C)CC2)CCN1. The van der Waals surface area contributed by atoms with Gasteiger partial charge in [-0.3, -0.25) is 4.90 Å². The van der Waals surface area contributed by atoms with Gasteiger partial charge in [0.05, 0.1) is 0 Å². The van der Waals surface area contributed by atoms with Crippen molar-refractivity contribution in [3.8, 4) is 0 Å². The Morgan fingerprint density at radius 1 is 1.19 bits per heavy atom. The largest absolute Gasteiger partial charge is 0.310 e. The van der Waals surface area contributed by atoms with E-state index in [1.54, 1.807) is 12.1 Å². The fraction of sp³-hybridized carbons (Fsp3) is 0.647. The topological polar surface area (TPSA) is 18.5 Å². The molecule has 1 N–H and O–H groups in total. The molecule has 1 aromatic carbocycles. The molecule has 0 saturated carbocycles. The zero-order valence-corrected chi connectivity index (χ0v) is 13.1. The Bertz CT molecular complexity index is 483. The smallest absolute Gasteiger partial charge is 0.123 e. The molecule has 2 fully saturated rings. The zero-order chi connectivity index (χ0) is 14.8. The molecule has 0 aliphatic carbocycles. The molecule has 2 heterocycles. The lowest BCUT2D eigenvalue weighted by Gasteiger charge is -2.42. The van der Waals surface area contributed by atoms with Gasteiger partial charge in [-0.2, -0.15) is 0 Å². The lowest BCUT2D eigenvalue weighted by Crippen LogP contribution is -2.52. The second-order valence-corrected chi connectivity index (χ2v) is 6.53. The van der Waals surface area contributed by atoms with Crippen molar-refractivity contribution >= 4 is 0 Å². The quantitative estimate of drug-likeness (QED) is 0.901. The van der Waals surface area contributed by atoms with Gasteiger partial charge in [0.25, 0.3) is 0 Å². The van der Waals surface area contributed by atoms with E-state index < -0.39 is 0 Å². The molecule has 2 saturated heterocycles. The van der Waals surface area contributed by atoms with Gasteiger partial charge in [-0.05, 0) is 56.6 Å². The molecule has 3 rings (SSSR count). The number of nitrogens with one attached hydrogen (secondary N) is 1.